The van der Waals surface area contributed by atoms with Gasteiger partial charge in [0.2, 0.25) is 0 Å². The topological polar surface area (TPSA) is 29.5 Å². The second-order valence-electron chi connectivity index (χ2n) is 6.50. The highest BCUT2D eigenvalue weighted by Crippen LogP contribution is 2.44. The number of benzene rings is 3. The van der Waals surface area contributed by atoms with Crippen LogP contribution in [0, 0.1) is 0 Å². The van der Waals surface area contributed by atoms with Crippen molar-refractivity contribution >= 4 is 5.91 Å². The monoisotopic (exact) mass is 327 g/mol. The van der Waals surface area contributed by atoms with E-state index in [0.717, 1.165) is 27.8 Å². The van der Waals surface area contributed by atoms with E-state index in [1.165, 1.54) is 0 Å². The van der Waals surface area contributed by atoms with Crippen molar-refractivity contribution in [1.29, 1.82) is 0 Å². The summed E-state index contributed by atoms with van der Waals surface area (Å²) >= 11 is 0. The first-order valence-electron chi connectivity index (χ1n) is 8.51. The number of hydrogen-bond acceptors (Lipinski definition) is 2. The zero-order chi connectivity index (χ0) is 16.8. The van der Waals surface area contributed by atoms with Gasteiger partial charge in [-0.3, -0.25) is 4.79 Å². The van der Waals surface area contributed by atoms with Gasteiger partial charge in [-0.2, -0.15) is 0 Å². The molecule has 2 atom stereocenters. The fourth-order valence-corrected chi connectivity index (χ4v) is 3.84. The van der Waals surface area contributed by atoms with Gasteiger partial charge >= 0.3 is 0 Å². The van der Waals surface area contributed by atoms with Gasteiger partial charge in [-0.15, -0.1) is 0 Å². The van der Waals surface area contributed by atoms with Crippen LogP contribution in [0.3, 0.4) is 0 Å². The molecule has 0 radical (unpaired) electrons. The normalized spacial score (nSPS) is 21.3. The van der Waals surface area contributed by atoms with E-state index in [0.29, 0.717) is 6.54 Å². The predicted molar refractivity (Wildman–Crippen MR) is 94.9 cm³/mol. The molecule has 0 aliphatic carbocycles. The average Bonchev–Trinajstić information content (AvgIpc) is 2.83. The second-order valence-corrected chi connectivity index (χ2v) is 6.50. The van der Waals surface area contributed by atoms with E-state index < -0.39 is 0 Å². The van der Waals surface area contributed by atoms with Crippen molar-refractivity contribution < 1.29 is 9.53 Å². The number of fused-ring (bicyclic) bond motifs is 4. The van der Waals surface area contributed by atoms with Crippen LogP contribution in [0.5, 0.6) is 0 Å². The van der Waals surface area contributed by atoms with E-state index in [9.17, 15) is 4.79 Å². The zero-order valence-electron chi connectivity index (χ0n) is 13.6. The Balaban J connectivity index is 1.68. The molecule has 5 rings (SSSR count). The van der Waals surface area contributed by atoms with E-state index >= 15 is 0 Å². The fraction of sp³-hybridized carbons (Fsp3) is 0.136. The molecule has 2 aliphatic heterocycles. The van der Waals surface area contributed by atoms with Crippen LogP contribution >= 0.6 is 0 Å². The van der Waals surface area contributed by atoms with Gasteiger partial charge < -0.3 is 9.64 Å². The number of amides is 1. The third-order valence-electron chi connectivity index (χ3n) is 5.05. The van der Waals surface area contributed by atoms with Gasteiger partial charge in [0.15, 0.2) is 6.23 Å². The smallest absolute Gasteiger partial charge is 0.256 e. The molecule has 3 aromatic rings. The van der Waals surface area contributed by atoms with Crippen LogP contribution in [0.15, 0.2) is 78.9 Å². The van der Waals surface area contributed by atoms with Crippen molar-refractivity contribution in [3.8, 4) is 0 Å². The minimum atomic E-state index is -0.346. The number of carbonyl (C=O) groups excluding carboxylic acids is 1. The molecule has 0 fully saturated rings. The van der Waals surface area contributed by atoms with Crippen molar-refractivity contribution in [2.45, 2.75) is 18.9 Å². The second kappa shape index (κ2) is 5.57. The molecule has 1 amide bonds. The number of hydrogen-bond donors (Lipinski definition) is 0. The zero-order valence-corrected chi connectivity index (χ0v) is 13.6. The van der Waals surface area contributed by atoms with Gasteiger partial charge in [0.1, 0.15) is 6.10 Å². The summed E-state index contributed by atoms with van der Waals surface area (Å²) in [6.45, 7) is 0.567. The fourth-order valence-electron chi connectivity index (χ4n) is 3.84. The molecule has 0 saturated heterocycles. The van der Waals surface area contributed by atoms with Crippen LogP contribution < -0.4 is 0 Å². The van der Waals surface area contributed by atoms with Crippen LogP contribution in [0.1, 0.15) is 44.9 Å². The molecule has 0 aromatic heterocycles. The summed E-state index contributed by atoms with van der Waals surface area (Å²) in [5.74, 6) is 0.0455. The van der Waals surface area contributed by atoms with Gasteiger partial charge in [0, 0.05) is 17.7 Å². The Bertz CT molecular complexity index is 951. The molecule has 25 heavy (non-hydrogen) atoms. The number of carbonyl (C=O) groups is 1. The third kappa shape index (κ3) is 2.20. The van der Waals surface area contributed by atoms with Gasteiger partial charge in [-0.1, -0.05) is 72.8 Å². The summed E-state index contributed by atoms with van der Waals surface area (Å²) in [4.78, 5) is 14.7. The van der Waals surface area contributed by atoms with Crippen LogP contribution in [0.4, 0.5) is 0 Å². The highest BCUT2D eigenvalue weighted by molar-refractivity contribution is 5.99. The summed E-state index contributed by atoms with van der Waals surface area (Å²) in [6, 6.07) is 26.2. The van der Waals surface area contributed by atoms with Crippen molar-refractivity contribution in [1.82, 2.24) is 4.90 Å². The lowest BCUT2D eigenvalue weighted by Crippen LogP contribution is -2.27. The molecular formula is C22H17NO2. The SMILES string of the molecule is O=C1c2ccccc2[C@H]2O[C@H](c3ccccc3)c3ccccc3CN12. The first-order valence-corrected chi connectivity index (χ1v) is 8.51. The van der Waals surface area contributed by atoms with Gasteiger partial charge in [0.05, 0.1) is 0 Å². The number of nitrogens with zero attached hydrogens (tertiary/aromatic N) is 1. The van der Waals surface area contributed by atoms with Crippen molar-refractivity contribution in [3.63, 3.8) is 0 Å². The van der Waals surface area contributed by atoms with Crippen LogP contribution in [0.25, 0.3) is 0 Å². The highest BCUT2D eigenvalue weighted by atomic mass is 16.5. The maximum Gasteiger partial charge on any atom is 0.256 e. The van der Waals surface area contributed by atoms with Gasteiger partial charge in [-0.25, -0.2) is 0 Å². The number of rotatable bonds is 1. The summed E-state index contributed by atoms with van der Waals surface area (Å²) in [5.41, 5.74) is 5.09. The molecule has 122 valence electrons. The standard InChI is InChI=1S/C22H17NO2/c24-21-18-12-6-7-13-19(18)22-23(21)14-16-10-4-5-11-17(16)20(25-22)15-8-2-1-3-9-15/h1-13,20,22H,14H2/t20-,22-/m1/s1. The van der Waals surface area contributed by atoms with Crippen molar-refractivity contribution in [2.24, 2.45) is 0 Å². The Kier molecular flexibility index (Phi) is 3.22. The highest BCUT2D eigenvalue weighted by Gasteiger charge is 2.41. The summed E-state index contributed by atoms with van der Waals surface area (Å²) in [6.07, 6.45) is -0.535. The lowest BCUT2D eigenvalue weighted by molar-refractivity contribution is -0.0644. The third-order valence-corrected chi connectivity index (χ3v) is 5.05. The van der Waals surface area contributed by atoms with E-state index in [-0.39, 0.29) is 18.2 Å². The lowest BCUT2D eigenvalue weighted by atomic mass is 9.96. The van der Waals surface area contributed by atoms with E-state index in [1.54, 1.807) is 0 Å². The van der Waals surface area contributed by atoms with Crippen LogP contribution in [-0.4, -0.2) is 10.8 Å². The minimum absolute atomic E-state index is 0.0455. The first kappa shape index (κ1) is 14.4. The van der Waals surface area contributed by atoms with Gasteiger partial charge in [-0.05, 0) is 22.8 Å². The minimum Gasteiger partial charge on any atom is -0.341 e. The largest absolute Gasteiger partial charge is 0.341 e. The Morgan fingerprint density at radius 1 is 0.800 bits per heavy atom. The van der Waals surface area contributed by atoms with Crippen LogP contribution in [0.2, 0.25) is 0 Å². The van der Waals surface area contributed by atoms with E-state index in [2.05, 4.69) is 24.3 Å². The Hall–Kier alpha value is -2.91. The predicted octanol–water partition coefficient (Wildman–Crippen LogP) is 4.46. The molecule has 3 heteroatoms. The lowest BCUT2D eigenvalue weighted by Gasteiger charge is -2.25. The van der Waals surface area contributed by atoms with Gasteiger partial charge in [0.25, 0.3) is 5.91 Å². The molecule has 0 N–H and O–H groups in total. The Morgan fingerprint density at radius 3 is 2.32 bits per heavy atom. The molecule has 3 aromatic carbocycles. The quantitative estimate of drug-likeness (QED) is 0.660. The summed E-state index contributed by atoms with van der Waals surface area (Å²) < 4.78 is 6.55. The molecule has 0 spiro atoms. The maximum absolute atomic E-state index is 12.9. The van der Waals surface area contributed by atoms with Crippen LogP contribution in [-0.2, 0) is 11.3 Å². The van der Waals surface area contributed by atoms with E-state index in [1.807, 2.05) is 59.5 Å². The molecule has 2 aliphatic rings. The molecular weight excluding hydrogens is 310 g/mol. The first-order chi connectivity index (χ1) is 12.3. The maximum atomic E-state index is 12.9. The summed E-state index contributed by atoms with van der Waals surface area (Å²) in [7, 11) is 0. The number of ether oxygens (including phenoxy) is 1. The van der Waals surface area contributed by atoms with Crippen molar-refractivity contribution in [2.75, 3.05) is 0 Å². The molecule has 2 heterocycles. The molecule has 0 bridgehead atoms. The van der Waals surface area contributed by atoms with Crippen molar-refractivity contribution in [3.05, 3.63) is 107 Å². The Morgan fingerprint density at radius 2 is 1.48 bits per heavy atom. The molecule has 0 unspecified atom stereocenters. The Labute approximate surface area is 146 Å². The summed E-state index contributed by atoms with van der Waals surface area (Å²) in [5, 5.41) is 0. The molecule has 0 saturated carbocycles. The molecule has 3 nitrogen and oxygen atoms in total. The average molecular weight is 327 g/mol. The van der Waals surface area contributed by atoms with E-state index in [4.69, 9.17) is 4.74 Å².